The van der Waals surface area contributed by atoms with E-state index in [-0.39, 0.29) is 18.1 Å². The van der Waals surface area contributed by atoms with E-state index in [9.17, 15) is 13.2 Å². The molecule has 112 valence electrons. The van der Waals surface area contributed by atoms with E-state index < -0.39 is 12.7 Å². The summed E-state index contributed by atoms with van der Waals surface area (Å²) in [5.74, 6) is 0. The summed E-state index contributed by atoms with van der Waals surface area (Å²) in [6.07, 6.45) is -2.54. The van der Waals surface area contributed by atoms with Gasteiger partial charge in [0.1, 0.15) is 0 Å². The number of nitrogens with two attached hydrogens (primary N) is 1. The first-order chi connectivity index (χ1) is 9.28. The fourth-order valence-corrected chi connectivity index (χ4v) is 2.63. The molecule has 0 heterocycles. The summed E-state index contributed by atoms with van der Waals surface area (Å²) in [4.78, 5) is 1.52. The molecule has 0 aliphatic heterocycles. The average molecular weight is 286 g/mol. The Hall–Kier alpha value is -1.07. The zero-order valence-electron chi connectivity index (χ0n) is 11.8. The van der Waals surface area contributed by atoms with E-state index in [1.807, 2.05) is 31.2 Å². The number of aryl methyl sites for hydroxylation is 1. The Labute approximate surface area is 117 Å². The van der Waals surface area contributed by atoms with Crippen molar-refractivity contribution in [3.63, 3.8) is 0 Å². The van der Waals surface area contributed by atoms with E-state index in [0.717, 1.165) is 24.0 Å². The van der Waals surface area contributed by atoms with Crippen molar-refractivity contribution < 1.29 is 13.2 Å². The predicted molar refractivity (Wildman–Crippen MR) is 73.4 cm³/mol. The maximum absolute atomic E-state index is 12.8. The van der Waals surface area contributed by atoms with E-state index >= 15 is 0 Å². The first kappa shape index (κ1) is 15.3. The summed E-state index contributed by atoms with van der Waals surface area (Å²) in [5, 5.41) is 0. The van der Waals surface area contributed by atoms with Crippen molar-refractivity contribution >= 4 is 0 Å². The van der Waals surface area contributed by atoms with E-state index in [1.54, 1.807) is 6.92 Å². The van der Waals surface area contributed by atoms with Gasteiger partial charge in [0, 0.05) is 12.1 Å². The fourth-order valence-electron chi connectivity index (χ4n) is 2.63. The second-order valence-electron chi connectivity index (χ2n) is 5.73. The molecule has 1 saturated carbocycles. The van der Waals surface area contributed by atoms with Gasteiger partial charge in [-0.3, -0.25) is 4.90 Å². The van der Waals surface area contributed by atoms with Crippen LogP contribution in [0.25, 0.3) is 0 Å². The third-order valence-electron chi connectivity index (χ3n) is 3.65. The van der Waals surface area contributed by atoms with Crippen LogP contribution in [0.4, 0.5) is 13.2 Å². The lowest BCUT2D eigenvalue weighted by Crippen LogP contribution is -2.45. The Morgan fingerprint density at radius 2 is 1.80 bits per heavy atom. The molecule has 0 aromatic heterocycles. The van der Waals surface area contributed by atoms with Gasteiger partial charge in [-0.25, -0.2) is 0 Å². The second-order valence-corrected chi connectivity index (χ2v) is 5.73. The van der Waals surface area contributed by atoms with E-state index in [4.69, 9.17) is 5.73 Å². The minimum atomic E-state index is -4.19. The van der Waals surface area contributed by atoms with Gasteiger partial charge >= 0.3 is 6.18 Å². The van der Waals surface area contributed by atoms with Crippen LogP contribution in [-0.4, -0.2) is 29.7 Å². The van der Waals surface area contributed by atoms with E-state index in [0.29, 0.717) is 0 Å². The van der Waals surface area contributed by atoms with Gasteiger partial charge in [0.2, 0.25) is 0 Å². The molecule has 5 heteroatoms. The lowest BCUT2D eigenvalue weighted by molar-refractivity contribution is -0.153. The van der Waals surface area contributed by atoms with Gasteiger partial charge < -0.3 is 5.73 Å². The molecule has 20 heavy (non-hydrogen) atoms. The molecule has 2 nitrogen and oxygen atoms in total. The second kappa shape index (κ2) is 5.74. The monoisotopic (exact) mass is 286 g/mol. The normalized spacial score (nSPS) is 19.1. The smallest absolute Gasteiger partial charge is 0.326 e. The van der Waals surface area contributed by atoms with Crippen LogP contribution < -0.4 is 5.73 Å². The summed E-state index contributed by atoms with van der Waals surface area (Å²) in [6.45, 7) is 2.84. The molecule has 1 aromatic carbocycles. The maximum atomic E-state index is 12.8. The molecule has 2 atom stereocenters. The Balaban J connectivity index is 2.27. The summed E-state index contributed by atoms with van der Waals surface area (Å²) in [5.41, 5.74) is 7.93. The molecule has 1 aliphatic rings. The number of hydrogen-bond donors (Lipinski definition) is 1. The lowest BCUT2D eigenvalue weighted by atomic mass is 9.98. The third-order valence-corrected chi connectivity index (χ3v) is 3.65. The van der Waals surface area contributed by atoms with Crippen molar-refractivity contribution in [1.29, 1.82) is 0 Å². The fraction of sp³-hybridized carbons (Fsp3) is 0.600. The van der Waals surface area contributed by atoms with Gasteiger partial charge in [0.25, 0.3) is 0 Å². The standard InChI is InChI=1S/C15H21F3N2/c1-10-3-5-12(6-4-10)14(11(2)19)20(13-7-8-13)9-15(16,17)18/h3-6,11,13-14H,7-9,19H2,1-2H3. The Bertz CT molecular complexity index is 435. The first-order valence-electron chi connectivity index (χ1n) is 6.92. The van der Waals surface area contributed by atoms with Crippen molar-refractivity contribution in [1.82, 2.24) is 4.90 Å². The van der Waals surface area contributed by atoms with Crippen LogP contribution in [0.15, 0.2) is 24.3 Å². The van der Waals surface area contributed by atoms with Gasteiger partial charge in [-0.1, -0.05) is 29.8 Å². The van der Waals surface area contributed by atoms with Crippen LogP contribution in [0.2, 0.25) is 0 Å². The van der Waals surface area contributed by atoms with Crippen molar-refractivity contribution in [2.75, 3.05) is 6.54 Å². The van der Waals surface area contributed by atoms with E-state index in [2.05, 4.69) is 0 Å². The minimum absolute atomic E-state index is 0.00827. The third kappa shape index (κ3) is 3.96. The summed E-state index contributed by atoms with van der Waals surface area (Å²) in [7, 11) is 0. The number of rotatable bonds is 5. The van der Waals surface area contributed by atoms with Crippen LogP contribution in [0, 0.1) is 6.92 Å². The summed E-state index contributed by atoms with van der Waals surface area (Å²) in [6, 6.07) is 6.89. The van der Waals surface area contributed by atoms with Crippen LogP contribution in [0.5, 0.6) is 0 Å². The predicted octanol–water partition coefficient (Wildman–Crippen LogP) is 3.41. The van der Waals surface area contributed by atoms with Crippen LogP contribution in [-0.2, 0) is 0 Å². The number of benzene rings is 1. The molecule has 1 aromatic rings. The zero-order valence-corrected chi connectivity index (χ0v) is 11.8. The van der Waals surface area contributed by atoms with Crippen molar-refractivity contribution in [3.8, 4) is 0 Å². The largest absolute Gasteiger partial charge is 0.401 e. The highest BCUT2D eigenvalue weighted by molar-refractivity contribution is 5.25. The molecule has 0 bridgehead atoms. The summed E-state index contributed by atoms with van der Waals surface area (Å²) >= 11 is 0. The van der Waals surface area contributed by atoms with Crippen LogP contribution in [0.1, 0.15) is 36.9 Å². The minimum Gasteiger partial charge on any atom is -0.326 e. The van der Waals surface area contributed by atoms with E-state index in [1.165, 1.54) is 4.90 Å². The molecule has 0 spiro atoms. The van der Waals surface area contributed by atoms with Gasteiger partial charge in [-0.15, -0.1) is 0 Å². The van der Waals surface area contributed by atoms with Crippen molar-refractivity contribution in [2.45, 2.75) is 51.0 Å². The van der Waals surface area contributed by atoms with Gasteiger partial charge in [0.05, 0.1) is 12.6 Å². The van der Waals surface area contributed by atoms with Crippen molar-refractivity contribution in [3.05, 3.63) is 35.4 Å². The molecule has 1 aliphatic carbocycles. The highest BCUT2D eigenvalue weighted by Crippen LogP contribution is 2.38. The quantitative estimate of drug-likeness (QED) is 0.898. The van der Waals surface area contributed by atoms with Gasteiger partial charge in [-0.2, -0.15) is 13.2 Å². The molecule has 0 radical (unpaired) electrons. The molecular formula is C15H21F3N2. The van der Waals surface area contributed by atoms with Crippen molar-refractivity contribution in [2.24, 2.45) is 5.73 Å². The molecule has 0 saturated heterocycles. The van der Waals surface area contributed by atoms with Crippen LogP contribution >= 0.6 is 0 Å². The molecule has 2 N–H and O–H groups in total. The Kier molecular flexibility index (Phi) is 4.39. The number of hydrogen-bond acceptors (Lipinski definition) is 2. The molecular weight excluding hydrogens is 265 g/mol. The first-order valence-corrected chi connectivity index (χ1v) is 6.92. The SMILES string of the molecule is Cc1ccc(C(C(C)N)N(CC(F)(F)F)C2CC2)cc1. The average Bonchev–Trinajstić information content (AvgIpc) is 3.12. The van der Waals surface area contributed by atoms with Crippen LogP contribution in [0.3, 0.4) is 0 Å². The lowest BCUT2D eigenvalue weighted by Gasteiger charge is -2.35. The zero-order chi connectivity index (χ0) is 14.9. The summed E-state index contributed by atoms with van der Waals surface area (Å²) < 4.78 is 38.4. The number of halogens is 3. The number of nitrogens with zero attached hydrogens (tertiary/aromatic N) is 1. The molecule has 2 unspecified atom stereocenters. The maximum Gasteiger partial charge on any atom is 0.401 e. The highest BCUT2D eigenvalue weighted by Gasteiger charge is 2.42. The highest BCUT2D eigenvalue weighted by atomic mass is 19.4. The Morgan fingerprint density at radius 3 is 2.20 bits per heavy atom. The Morgan fingerprint density at radius 1 is 1.25 bits per heavy atom. The molecule has 0 amide bonds. The van der Waals surface area contributed by atoms with Gasteiger partial charge in [-0.05, 0) is 32.3 Å². The van der Waals surface area contributed by atoms with Gasteiger partial charge in [0.15, 0.2) is 0 Å². The molecule has 1 fully saturated rings. The molecule has 2 rings (SSSR count). The topological polar surface area (TPSA) is 29.3 Å². The number of alkyl halides is 3.